The van der Waals surface area contributed by atoms with Crippen molar-refractivity contribution >= 4 is 0 Å². The van der Waals surface area contributed by atoms with E-state index in [1.165, 1.54) is 0 Å². The first-order valence-corrected chi connectivity index (χ1v) is 3.56. The van der Waals surface area contributed by atoms with E-state index in [-0.39, 0.29) is 13.2 Å². The van der Waals surface area contributed by atoms with E-state index >= 15 is 0 Å². The molecule has 2 N–H and O–H groups in total. The Kier molecular flexibility index (Phi) is 5.99. The number of aliphatic hydroxyl groups is 2. The lowest BCUT2D eigenvalue weighted by molar-refractivity contribution is 0.176. The highest BCUT2D eigenvalue weighted by atomic mass is 16.3. The van der Waals surface area contributed by atoms with Crippen LogP contribution in [-0.4, -0.2) is 23.4 Å². The highest BCUT2D eigenvalue weighted by Gasteiger charge is 2.03. The first-order valence-electron chi connectivity index (χ1n) is 3.56. The van der Waals surface area contributed by atoms with E-state index in [9.17, 15) is 0 Å². The van der Waals surface area contributed by atoms with Crippen LogP contribution in [0.2, 0.25) is 0 Å². The van der Waals surface area contributed by atoms with Crippen LogP contribution in [0.25, 0.3) is 0 Å². The Labute approximate surface area is 56.5 Å². The zero-order chi connectivity index (χ0) is 7.11. The van der Waals surface area contributed by atoms with Crippen LogP contribution in [0.5, 0.6) is 0 Å². The van der Waals surface area contributed by atoms with Crippen molar-refractivity contribution < 1.29 is 10.2 Å². The Bertz CT molecular complexity index is 48.9. The predicted octanol–water partition coefficient (Wildman–Crippen LogP) is 0.777. The molecule has 0 aliphatic heterocycles. The Morgan fingerprint density at radius 2 is 1.89 bits per heavy atom. The molecule has 2 nitrogen and oxygen atoms in total. The summed E-state index contributed by atoms with van der Waals surface area (Å²) in [4.78, 5) is 0. The van der Waals surface area contributed by atoms with Gasteiger partial charge in [-0.3, -0.25) is 0 Å². The van der Waals surface area contributed by atoms with E-state index in [2.05, 4.69) is 6.92 Å². The number of hydrogen-bond donors (Lipinski definition) is 2. The lowest BCUT2D eigenvalue weighted by Crippen LogP contribution is -2.07. The van der Waals surface area contributed by atoms with Crippen molar-refractivity contribution in [3.8, 4) is 0 Å². The molecule has 0 aromatic carbocycles. The molecule has 0 unspecified atom stereocenters. The van der Waals surface area contributed by atoms with Crippen molar-refractivity contribution in [3.05, 3.63) is 0 Å². The molecule has 1 atom stereocenters. The van der Waals surface area contributed by atoms with Gasteiger partial charge < -0.3 is 10.2 Å². The van der Waals surface area contributed by atoms with E-state index in [0.717, 1.165) is 19.3 Å². The molecule has 0 aromatic heterocycles. The van der Waals surface area contributed by atoms with Gasteiger partial charge in [-0.05, 0) is 18.8 Å². The van der Waals surface area contributed by atoms with Gasteiger partial charge >= 0.3 is 0 Å². The molecule has 0 aromatic rings. The number of aliphatic hydroxyl groups excluding tert-OH is 2. The summed E-state index contributed by atoms with van der Waals surface area (Å²) < 4.78 is 0. The normalized spacial score (nSPS) is 13.7. The molecule has 0 spiro atoms. The first-order chi connectivity index (χ1) is 4.35. The van der Waals surface area contributed by atoms with Gasteiger partial charge in [0, 0.05) is 13.2 Å². The first kappa shape index (κ1) is 8.92. The molecule has 0 aliphatic carbocycles. The van der Waals surface area contributed by atoms with Gasteiger partial charge in [0.05, 0.1) is 0 Å². The quantitative estimate of drug-likeness (QED) is 0.580. The van der Waals surface area contributed by atoms with Crippen molar-refractivity contribution in [2.24, 2.45) is 5.92 Å². The van der Waals surface area contributed by atoms with Gasteiger partial charge in [-0.15, -0.1) is 0 Å². The third-order valence-corrected chi connectivity index (χ3v) is 1.49. The summed E-state index contributed by atoms with van der Waals surface area (Å²) in [5.74, 6) is 0.319. The fourth-order valence-corrected chi connectivity index (χ4v) is 0.918. The predicted molar refractivity (Wildman–Crippen MR) is 37.2 cm³/mol. The molecule has 0 heterocycles. The van der Waals surface area contributed by atoms with Crippen LogP contribution in [0.15, 0.2) is 0 Å². The highest BCUT2D eigenvalue weighted by molar-refractivity contribution is 4.54. The monoisotopic (exact) mass is 132 g/mol. The summed E-state index contributed by atoms with van der Waals surface area (Å²) in [5, 5.41) is 17.2. The van der Waals surface area contributed by atoms with E-state index < -0.39 is 0 Å². The minimum absolute atomic E-state index is 0.200. The largest absolute Gasteiger partial charge is 0.396 e. The van der Waals surface area contributed by atoms with Crippen LogP contribution in [0, 0.1) is 5.92 Å². The Balaban J connectivity index is 3.18. The van der Waals surface area contributed by atoms with Gasteiger partial charge in [0.15, 0.2) is 0 Å². The molecule has 0 amide bonds. The molecule has 56 valence electrons. The molecule has 0 saturated heterocycles. The average molecular weight is 132 g/mol. The SMILES string of the molecule is CCC[C@@H](CO)CCO. The van der Waals surface area contributed by atoms with Gasteiger partial charge in [-0.1, -0.05) is 13.3 Å². The Hall–Kier alpha value is -0.0800. The molecule has 0 radical (unpaired) electrons. The summed E-state index contributed by atoms with van der Waals surface area (Å²) >= 11 is 0. The fraction of sp³-hybridized carbons (Fsp3) is 1.00. The summed E-state index contributed by atoms with van der Waals surface area (Å²) in [5.41, 5.74) is 0. The average Bonchev–Trinajstić information content (AvgIpc) is 1.88. The second kappa shape index (κ2) is 6.05. The molecular weight excluding hydrogens is 116 g/mol. The zero-order valence-corrected chi connectivity index (χ0v) is 6.01. The smallest absolute Gasteiger partial charge is 0.0460 e. The van der Waals surface area contributed by atoms with Gasteiger partial charge in [-0.25, -0.2) is 0 Å². The van der Waals surface area contributed by atoms with Crippen LogP contribution in [0.3, 0.4) is 0 Å². The van der Waals surface area contributed by atoms with E-state index in [0.29, 0.717) is 5.92 Å². The van der Waals surface area contributed by atoms with E-state index in [1.54, 1.807) is 0 Å². The molecule has 0 bridgehead atoms. The van der Waals surface area contributed by atoms with Gasteiger partial charge in [0.2, 0.25) is 0 Å². The lowest BCUT2D eigenvalue weighted by atomic mass is 10.0. The number of hydrogen-bond acceptors (Lipinski definition) is 2. The molecule has 0 rings (SSSR count). The summed E-state index contributed by atoms with van der Waals surface area (Å²) in [7, 11) is 0. The van der Waals surface area contributed by atoms with E-state index in [4.69, 9.17) is 10.2 Å². The van der Waals surface area contributed by atoms with Crippen molar-refractivity contribution in [2.45, 2.75) is 26.2 Å². The van der Waals surface area contributed by atoms with Gasteiger partial charge in [0.1, 0.15) is 0 Å². The molecule has 0 saturated carbocycles. The van der Waals surface area contributed by atoms with Gasteiger partial charge in [-0.2, -0.15) is 0 Å². The van der Waals surface area contributed by atoms with Crippen LogP contribution in [0.1, 0.15) is 26.2 Å². The maximum Gasteiger partial charge on any atom is 0.0460 e. The second-order valence-corrected chi connectivity index (χ2v) is 2.35. The zero-order valence-electron chi connectivity index (χ0n) is 6.01. The number of rotatable bonds is 5. The second-order valence-electron chi connectivity index (χ2n) is 2.35. The topological polar surface area (TPSA) is 40.5 Å². The van der Waals surface area contributed by atoms with Gasteiger partial charge in [0.25, 0.3) is 0 Å². The van der Waals surface area contributed by atoms with Crippen molar-refractivity contribution in [1.82, 2.24) is 0 Å². The third kappa shape index (κ3) is 4.43. The molecule has 2 heteroatoms. The maximum atomic E-state index is 8.68. The minimum Gasteiger partial charge on any atom is -0.396 e. The molecule has 9 heavy (non-hydrogen) atoms. The lowest BCUT2D eigenvalue weighted by Gasteiger charge is -2.09. The van der Waals surface area contributed by atoms with Crippen LogP contribution >= 0.6 is 0 Å². The van der Waals surface area contributed by atoms with Crippen molar-refractivity contribution in [3.63, 3.8) is 0 Å². The highest BCUT2D eigenvalue weighted by Crippen LogP contribution is 2.08. The standard InChI is InChI=1S/C7H16O2/c1-2-3-7(6-9)4-5-8/h7-9H,2-6H2,1H3/t7-/m1/s1. The summed E-state index contributed by atoms with van der Waals surface area (Å²) in [6.07, 6.45) is 2.85. The Morgan fingerprint density at radius 1 is 1.22 bits per heavy atom. The van der Waals surface area contributed by atoms with Crippen LogP contribution < -0.4 is 0 Å². The maximum absolute atomic E-state index is 8.68. The minimum atomic E-state index is 0.200. The fourth-order valence-electron chi connectivity index (χ4n) is 0.918. The van der Waals surface area contributed by atoms with Crippen LogP contribution in [-0.2, 0) is 0 Å². The Morgan fingerprint density at radius 3 is 2.22 bits per heavy atom. The molecule has 0 fully saturated rings. The van der Waals surface area contributed by atoms with Crippen molar-refractivity contribution in [1.29, 1.82) is 0 Å². The van der Waals surface area contributed by atoms with E-state index in [1.807, 2.05) is 0 Å². The summed E-state index contributed by atoms with van der Waals surface area (Å²) in [6, 6.07) is 0. The molecule has 0 aliphatic rings. The van der Waals surface area contributed by atoms with Crippen molar-refractivity contribution in [2.75, 3.05) is 13.2 Å². The van der Waals surface area contributed by atoms with Crippen LogP contribution in [0.4, 0.5) is 0 Å². The third-order valence-electron chi connectivity index (χ3n) is 1.49. The molecular formula is C7H16O2. The summed E-state index contributed by atoms with van der Waals surface area (Å²) in [6.45, 7) is 2.50.